The molecule has 0 fully saturated rings. The zero-order chi connectivity index (χ0) is 18.4. The van der Waals surface area contributed by atoms with E-state index in [1.807, 2.05) is 5.38 Å². The summed E-state index contributed by atoms with van der Waals surface area (Å²) in [6.07, 6.45) is -4.70. The van der Waals surface area contributed by atoms with Crippen LogP contribution in [0.4, 0.5) is 13.2 Å². The molecule has 5 nitrogen and oxygen atoms in total. The van der Waals surface area contributed by atoms with Crippen LogP contribution in [0.25, 0.3) is 0 Å². The molecule has 10 heteroatoms. The minimum absolute atomic E-state index is 0. The van der Waals surface area contributed by atoms with Gasteiger partial charge in [0.1, 0.15) is 5.75 Å². The summed E-state index contributed by atoms with van der Waals surface area (Å²) in [6, 6.07) is 5.50. The van der Waals surface area contributed by atoms with Gasteiger partial charge in [0.25, 0.3) is 0 Å². The molecule has 0 aliphatic carbocycles. The Morgan fingerprint density at radius 3 is 2.50 bits per heavy atom. The smallest absolute Gasteiger partial charge is 0.406 e. The van der Waals surface area contributed by atoms with Crippen molar-refractivity contribution in [3.8, 4) is 5.75 Å². The fourth-order valence-corrected chi connectivity index (χ4v) is 2.71. The highest BCUT2D eigenvalue weighted by atomic mass is 127. The number of guanidine groups is 1. The van der Waals surface area contributed by atoms with Crippen LogP contribution in [0, 0.1) is 0 Å². The van der Waals surface area contributed by atoms with Crippen LogP contribution in [0.2, 0.25) is 0 Å². The van der Waals surface area contributed by atoms with E-state index in [1.165, 1.54) is 24.3 Å². The molecule has 2 aromatic rings. The molecule has 26 heavy (non-hydrogen) atoms. The van der Waals surface area contributed by atoms with Gasteiger partial charge in [0.05, 0.1) is 23.8 Å². The van der Waals surface area contributed by atoms with Crippen LogP contribution in [0.3, 0.4) is 0 Å². The lowest BCUT2D eigenvalue weighted by molar-refractivity contribution is -0.274. The SMILES string of the molecule is CC(C)c1nc(CNC(N)=NCc2ccc(OC(F)(F)F)cc2)cs1.I. The molecule has 0 saturated carbocycles. The summed E-state index contributed by atoms with van der Waals surface area (Å²) < 4.78 is 40.1. The van der Waals surface area contributed by atoms with Gasteiger partial charge < -0.3 is 15.8 Å². The van der Waals surface area contributed by atoms with Gasteiger partial charge in [-0.25, -0.2) is 9.98 Å². The maximum Gasteiger partial charge on any atom is 0.573 e. The second kappa shape index (κ2) is 9.95. The summed E-state index contributed by atoms with van der Waals surface area (Å²) >= 11 is 1.60. The van der Waals surface area contributed by atoms with Gasteiger partial charge >= 0.3 is 6.36 Å². The molecule has 1 aromatic heterocycles. The number of rotatable bonds is 6. The zero-order valence-corrected chi connectivity index (χ0v) is 17.4. The van der Waals surface area contributed by atoms with Crippen LogP contribution in [-0.2, 0) is 13.1 Å². The van der Waals surface area contributed by atoms with Gasteiger partial charge in [-0.3, -0.25) is 0 Å². The molecule has 0 spiro atoms. The number of nitrogens with one attached hydrogen (secondary N) is 1. The average Bonchev–Trinajstić information content (AvgIpc) is 3.00. The predicted octanol–water partition coefficient (Wildman–Crippen LogP) is 4.39. The van der Waals surface area contributed by atoms with E-state index in [0.29, 0.717) is 12.5 Å². The summed E-state index contributed by atoms with van der Waals surface area (Å²) in [7, 11) is 0. The molecule has 1 aromatic carbocycles. The third kappa shape index (κ3) is 7.77. The molecule has 0 unspecified atom stereocenters. The van der Waals surface area contributed by atoms with Crippen molar-refractivity contribution in [2.75, 3.05) is 0 Å². The molecule has 144 valence electrons. The van der Waals surface area contributed by atoms with E-state index >= 15 is 0 Å². The van der Waals surface area contributed by atoms with Crippen LogP contribution in [0.5, 0.6) is 5.75 Å². The van der Waals surface area contributed by atoms with Crippen molar-refractivity contribution in [3.05, 3.63) is 45.9 Å². The molecule has 0 saturated heterocycles. The first-order chi connectivity index (χ1) is 11.7. The minimum Gasteiger partial charge on any atom is -0.406 e. The van der Waals surface area contributed by atoms with Gasteiger partial charge in [-0.2, -0.15) is 0 Å². The lowest BCUT2D eigenvalue weighted by Crippen LogP contribution is -2.31. The fourth-order valence-electron chi connectivity index (χ4n) is 1.88. The van der Waals surface area contributed by atoms with E-state index in [1.54, 1.807) is 11.3 Å². The van der Waals surface area contributed by atoms with Crippen molar-refractivity contribution in [2.45, 2.75) is 39.2 Å². The van der Waals surface area contributed by atoms with Crippen molar-refractivity contribution < 1.29 is 17.9 Å². The highest BCUT2D eigenvalue weighted by Crippen LogP contribution is 2.23. The standard InChI is InChI=1S/C16H19F3N4OS.HI/c1-10(2)14-23-12(9-25-14)8-22-15(20)21-7-11-3-5-13(6-4-11)24-16(17,18)19;/h3-6,9-10H,7-8H2,1-2H3,(H3,20,21,22);1H. The Balaban J connectivity index is 0.00000338. The van der Waals surface area contributed by atoms with Gasteiger partial charge in [0.15, 0.2) is 5.96 Å². The van der Waals surface area contributed by atoms with Gasteiger partial charge in [0, 0.05) is 11.3 Å². The highest BCUT2D eigenvalue weighted by Gasteiger charge is 2.30. The minimum atomic E-state index is -4.70. The monoisotopic (exact) mass is 500 g/mol. The molecule has 0 aliphatic rings. The van der Waals surface area contributed by atoms with E-state index in [4.69, 9.17) is 5.73 Å². The fraction of sp³-hybridized carbons (Fsp3) is 0.375. The Morgan fingerprint density at radius 1 is 1.31 bits per heavy atom. The topological polar surface area (TPSA) is 72.5 Å². The number of ether oxygens (including phenoxy) is 1. The van der Waals surface area contributed by atoms with Crippen molar-refractivity contribution in [1.82, 2.24) is 10.3 Å². The first-order valence-corrected chi connectivity index (χ1v) is 8.43. The van der Waals surface area contributed by atoms with Gasteiger partial charge in [-0.1, -0.05) is 26.0 Å². The number of halogens is 4. The maximum atomic E-state index is 12.1. The van der Waals surface area contributed by atoms with Crippen molar-refractivity contribution >= 4 is 41.3 Å². The van der Waals surface area contributed by atoms with Crippen LogP contribution >= 0.6 is 35.3 Å². The number of hydrogen-bond donors (Lipinski definition) is 2. The van der Waals surface area contributed by atoms with Crippen LogP contribution < -0.4 is 15.8 Å². The van der Waals surface area contributed by atoms with Crippen molar-refractivity contribution in [2.24, 2.45) is 10.7 Å². The Kier molecular flexibility index (Phi) is 8.60. The number of benzene rings is 1. The molecular formula is C16H20F3IN4OS. The van der Waals surface area contributed by atoms with Crippen molar-refractivity contribution in [3.63, 3.8) is 0 Å². The van der Waals surface area contributed by atoms with E-state index < -0.39 is 6.36 Å². The van der Waals surface area contributed by atoms with E-state index in [2.05, 4.69) is 33.9 Å². The van der Waals surface area contributed by atoms with Crippen molar-refractivity contribution in [1.29, 1.82) is 0 Å². The third-order valence-corrected chi connectivity index (χ3v) is 4.30. The van der Waals surface area contributed by atoms with Gasteiger partial charge in [-0.05, 0) is 17.7 Å². The van der Waals surface area contributed by atoms with Crippen LogP contribution in [0.15, 0.2) is 34.6 Å². The molecule has 3 N–H and O–H groups in total. The highest BCUT2D eigenvalue weighted by molar-refractivity contribution is 14.0. The van der Waals surface area contributed by atoms with E-state index in [9.17, 15) is 13.2 Å². The number of alkyl halides is 3. The predicted molar refractivity (Wildman–Crippen MR) is 107 cm³/mol. The van der Waals surface area contributed by atoms with E-state index in [-0.39, 0.29) is 42.2 Å². The number of aromatic nitrogens is 1. The second-order valence-corrected chi connectivity index (χ2v) is 6.47. The average molecular weight is 500 g/mol. The molecule has 0 amide bonds. The normalized spacial score (nSPS) is 12.0. The summed E-state index contributed by atoms with van der Waals surface area (Å²) in [6.45, 7) is 4.88. The quantitative estimate of drug-likeness (QED) is 0.351. The van der Waals surface area contributed by atoms with Crippen LogP contribution in [0.1, 0.15) is 36.0 Å². The number of thiazole rings is 1. The molecule has 0 atom stereocenters. The van der Waals surface area contributed by atoms with Crippen LogP contribution in [-0.4, -0.2) is 17.3 Å². The molecule has 0 bridgehead atoms. The molecule has 1 heterocycles. The first kappa shape index (κ1) is 22.5. The third-order valence-electron chi connectivity index (χ3n) is 3.10. The Morgan fingerprint density at radius 2 is 1.96 bits per heavy atom. The Bertz CT molecular complexity index is 717. The number of aliphatic imine (C=N–C) groups is 1. The summed E-state index contributed by atoms with van der Waals surface area (Å²) in [4.78, 5) is 8.63. The molecule has 0 aliphatic heterocycles. The Hall–Kier alpha value is -1.56. The lowest BCUT2D eigenvalue weighted by Gasteiger charge is -2.09. The summed E-state index contributed by atoms with van der Waals surface area (Å²) in [5.74, 6) is 0.361. The zero-order valence-electron chi connectivity index (χ0n) is 14.2. The number of nitrogens with two attached hydrogens (primary N) is 1. The molecule has 2 rings (SSSR count). The summed E-state index contributed by atoms with van der Waals surface area (Å²) in [5.41, 5.74) is 7.40. The van der Waals surface area contributed by atoms with Gasteiger partial charge in [-0.15, -0.1) is 48.5 Å². The Labute approximate surface area is 170 Å². The first-order valence-electron chi connectivity index (χ1n) is 7.55. The number of nitrogens with zero attached hydrogens (tertiary/aromatic N) is 2. The number of hydrogen-bond acceptors (Lipinski definition) is 4. The summed E-state index contributed by atoms with van der Waals surface area (Å²) in [5, 5.41) is 5.99. The van der Waals surface area contributed by atoms with Gasteiger partial charge in [0.2, 0.25) is 0 Å². The largest absolute Gasteiger partial charge is 0.573 e. The molecule has 0 radical (unpaired) electrons. The maximum absolute atomic E-state index is 12.1. The second-order valence-electron chi connectivity index (χ2n) is 5.58. The van der Waals surface area contributed by atoms with E-state index in [0.717, 1.165) is 16.3 Å². The lowest BCUT2D eigenvalue weighted by atomic mass is 10.2. The molecular weight excluding hydrogens is 480 g/mol.